The van der Waals surface area contributed by atoms with Crippen molar-refractivity contribution in [1.82, 2.24) is 4.98 Å². The Morgan fingerprint density at radius 3 is 1.96 bits per heavy atom. The number of aromatic amines is 1. The smallest absolute Gasteiger partial charge is 0.241 e. The van der Waals surface area contributed by atoms with Gasteiger partial charge in [0, 0.05) is 5.92 Å². The van der Waals surface area contributed by atoms with Crippen molar-refractivity contribution < 1.29 is 4.57 Å². The highest BCUT2D eigenvalue weighted by atomic mass is 15.1. The largest absolute Gasteiger partial charge is 0.250 e. The monoisotopic (exact) mass is 347 g/mol. The highest BCUT2D eigenvalue weighted by molar-refractivity contribution is 5.18. The molecule has 0 aliphatic rings. The Bertz CT molecular complexity index is 678. The summed E-state index contributed by atoms with van der Waals surface area (Å²) in [5, 5.41) is 0. The van der Waals surface area contributed by atoms with E-state index >= 15 is 0 Å². The van der Waals surface area contributed by atoms with E-state index in [1.165, 1.54) is 36.8 Å². The average molecular weight is 348 g/mol. The van der Waals surface area contributed by atoms with Crippen molar-refractivity contribution in [1.29, 1.82) is 0 Å². The van der Waals surface area contributed by atoms with Gasteiger partial charge < -0.3 is 0 Å². The molecule has 1 N–H and O–H groups in total. The Labute approximate surface area is 157 Å². The quantitative estimate of drug-likeness (QED) is 0.368. The first-order chi connectivity index (χ1) is 12.9. The van der Waals surface area contributed by atoms with Crippen LogP contribution >= 0.6 is 0 Å². The van der Waals surface area contributed by atoms with Crippen molar-refractivity contribution in [3.63, 3.8) is 0 Å². The van der Waals surface area contributed by atoms with Crippen LogP contribution in [0.4, 0.5) is 0 Å². The maximum atomic E-state index is 3.25. The van der Waals surface area contributed by atoms with Crippen molar-refractivity contribution in [2.24, 2.45) is 5.92 Å². The highest BCUT2D eigenvalue weighted by Crippen LogP contribution is 2.27. The summed E-state index contributed by atoms with van der Waals surface area (Å²) in [7, 11) is 0. The third kappa shape index (κ3) is 5.32. The summed E-state index contributed by atoms with van der Waals surface area (Å²) in [6.07, 6.45) is 13.7. The summed E-state index contributed by atoms with van der Waals surface area (Å²) < 4.78 is 2.40. The molecule has 3 aromatic rings. The summed E-state index contributed by atoms with van der Waals surface area (Å²) in [4.78, 5) is 3.25. The van der Waals surface area contributed by atoms with Gasteiger partial charge in [0.2, 0.25) is 6.33 Å². The molecule has 0 bridgehead atoms. The van der Waals surface area contributed by atoms with E-state index in [0.717, 1.165) is 12.8 Å². The molecule has 0 saturated carbocycles. The molecular formula is C24H31N2+. The van der Waals surface area contributed by atoms with Gasteiger partial charge in [0.05, 0.1) is 0 Å². The zero-order valence-corrected chi connectivity index (χ0v) is 15.9. The van der Waals surface area contributed by atoms with Gasteiger partial charge in [-0.15, -0.1) is 0 Å². The van der Waals surface area contributed by atoms with E-state index in [1.54, 1.807) is 0 Å². The molecule has 2 nitrogen and oxygen atoms in total. The van der Waals surface area contributed by atoms with Gasteiger partial charge in [-0.25, -0.2) is 4.57 Å². The highest BCUT2D eigenvalue weighted by Gasteiger charge is 2.27. The lowest BCUT2D eigenvalue weighted by Crippen LogP contribution is -2.43. The number of nitrogens with zero attached hydrogens (tertiary/aromatic N) is 1. The molecule has 1 aromatic heterocycles. The van der Waals surface area contributed by atoms with Crippen molar-refractivity contribution in [2.75, 3.05) is 0 Å². The second kappa shape index (κ2) is 9.96. The molecule has 1 atom stereocenters. The van der Waals surface area contributed by atoms with Gasteiger partial charge in [-0.05, 0) is 36.8 Å². The van der Waals surface area contributed by atoms with Gasteiger partial charge in [-0.1, -0.05) is 80.4 Å². The minimum atomic E-state index is 0.521. The Morgan fingerprint density at radius 2 is 1.46 bits per heavy atom. The van der Waals surface area contributed by atoms with E-state index < -0.39 is 0 Å². The van der Waals surface area contributed by atoms with Gasteiger partial charge in [0.15, 0.2) is 0 Å². The van der Waals surface area contributed by atoms with Crippen LogP contribution in [-0.2, 0) is 12.8 Å². The predicted octanol–water partition coefficient (Wildman–Crippen LogP) is 5.53. The summed E-state index contributed by atoms with van der Waals surface area (Å²) >= 11 is 0. The molecule has 2 heteroatoms. The normalized spacial score (nSPS) is 12.4. The number of H-pyrrole nitrogens is 1. The van der Waals surface area contributed by atoms with Gasteiger partial charge >= 0.3 is 0 Å². The van der Waals surface area contributed by atoms with E-state index in [9.17, 15) is 0 Å². The summed E-state index contributed by atoms with van der Waals surface area (Å²) in [6, 6.07) is 22.4. The first kappa shape index (κ1) is 18.4. The van der Waals surface area contributed by atoms with Crippen LogP contribution in [0.3, 0.4) is 0 Å². The number of hydrogen-bond acceptors (Lipinski definition) is 0. The molecule has 0 fully saturated rings. The zero-order valence-electron chi connectivity index (χ0n) is 15.9. The van der Waals surface area contributed by atoms with Crippen LogP contribution in [0.1, 0.15) is 49.8 Å². The second-order valence-corrected chi connectivity index (χ2v) is 7.26. The van der Waals surface area contributed by atoms with E-state index in [1.807, 2.05) is 6.20 Å². The molecule has 0 saturated heterocycles. The third-order valence-electron chi connectivity index (χ3n) is 5.28. The van der Waals surface area contributed by atoms with Crippen LogP contribution in [0.2, 0.25) is 0 Å². The maximum absolute atomic E-state index is 3.25. The zero-order chi connectivity index (χ0) is 18.0. The third-order valence-corrected chi connectivity index (χ3v) is 5.28. The fourth-order valence-corrected chi connectivity index (χ4v) is 3.92. The van der Waals surface area contributed by atoms with Gasteiger partial charge in [-0.3, -0.25) is 4.98 Å². The summed E-state index contributed by atoms with van der Waals surface area (Å²) in [5.41, 5.74) is 2.87. The molecule has 0 aliphatic carbocycles. The molecule has 1 heterocycles. The van der Waals surface area contributed by atoms with Crippen LogP contribution < -0.4 is 4.57 Å². The van der Waals surface area contributed by atoms with Gasteiger partial charge in [-0.2, -0.15) is 0 Å². The fourth-order valence-electron chi connectivity index (χ4n) is 3.92. The molecule has 0 amide bonds. The Kier molecular flexibility index (Phi) is 7.06. The minimum Gasteiger partial charge on any atom is -0.250 e. The lowest BCUT2D eigenvalue weighted by molar-refractivity contribution is -0.729. The first-order valence-electron chi connectivity index (χ1n) is 9.98. The molecule has 0 aliphatic heterocycles. The SMILES string of the molecule is CCCCCC(C(Cc1ccccc1)Cc1ccccc1)[n+]1cc[nH]c1. The van der Waals surface area contributed by atoms with Crippen LogP contribution in [0.25, 0.3) is 0 Å². The summed E-state index contributed by atoms with van der Waals surface area (Å²) in [5.74, 6) is 0.581. The average Bonchev–Trinajstić information content (AvgIpc) is 3.21. The second-order valence-electron chi connectivity index (χ2n) is 7.26. The Morgan fingerprint density at radius 1 is 0.846 bits per heavy atom. The van der Waals surface area contributed by atoms with Crippen LogP contribution in [0.5, 0.6) is 0 Å². The van der Waals surface area contributed by atoms with Crippen molar-refractivity contribution in [3.05, 3.63) is 90.5 Å². The number of hydrogen-bond donors (Lipinski definition) is 1. The Hall–Kier alpha value is -2.35. The lowest BCUT2D eigenvalue weighted by atomic mass is 9.84. The van der Waals surface area contributed by atoms with E-state index in [2.05, 4.69) is 89.7 Å². The number of nitrogens with one attached hydrogen (secondary N) is 1. The van der Waals surface area contributed by atoms with Crippen molar-refractivity contribution in [3.8, 4) is 0 Å². The standard InChI is InChI=1S/C24H30N2/c1-2-3-6-15-24(26-17-16-25-20-26)23(18-21-11-7-4-8-12-21)19-22-13-9-5-10-14-22/h4-5,7-14,16-17,20,23-24H,2-3,6,15,18-19H2,1H3/p+1. The number of benzene rings is 2. The minimum absolute atomic E-state index is 0.521. The molecule has 3 rings (SSSR count). The number of unbranched alkanes of at least 4 members (excludes halogenated alkanes) is 2. The molecule has 1 unspecified atom stereocenters. The van der Waals surface area contributed by atoms with Crippen molar-refractivity contribution >= 4 is 0 Å². The molecule has 136 valence electrons. The number of rotatable bonds is 10. The van der Waals surface area contributed by atoms with Gasteiger partial charge in [0.1, 0.15) is 18.4 Å². The molecule has 0 spiro atoms. The van der Waals surface area contributed by atoms with Crippen LogP contribution in [0, 0.1) is 5.92 Å². The van der Waals surface area contributed by atoms with E-state index in [0.29, 0.717) is 12.0 Å². The fraction of sp³-hybridized carbons (Fsp3) is 0.375. The van der Waals surface area contributed by atoms with Crippen molar-refractivity contribution in [2.45, 2.75) is 51.5 Å². The summed E-state index contributed by atoms with van der Waals surface area (Å²) in [6.45, 7) is 2.28. The topological polar surface area (TPSA) is 19.7 Å². The molecule has 26 heavy (non-hydrogen) atoms. The molecule has 0 radical (unpaired) electrons. The van der Waals surface area contributed by atoms with Crippen LogP contribution in [-0.4, -0.2) is 4.98 Å². The van der Waals surface area contributed by atoms with Gasteiger partial charge in [0.25, 0.3) is 0 Å². The predicted molar refractivity (Wildman–Crippen MR) is 108 cm³/mol. The first-order valence-corrected chi connectivity index (χ1v) is 9.98. The van der Waals surface area contributed by atoms with E-state index in [-0.39, 0.29) is 0 Å². The molecular weight excluding hydrogens is 316 g/mol. The van der Waals surface area contributed by atoms with E-state index in [4.69, 9.17) is 0 Å². The maximum Gasteiger partial charge on any atom is 0.241 e. The lowest BCUT2D eigenvalue weighted by Gasteiger charge is -2.25. The number of aromatic nitrogens is 2. The Balaban J connectivity index is 1.84. The number of imidazole rings is 1. The molecule has 2 aromatic carbocycles. The van der Waals surface area contributed by atoms with Crippen LogP contribution in [0.15, 0.2) is 79.4 Å².